The van der Waals surface area contributed by atoms with E-state index in [-0.39, 0.29) is 5.91 Å². The first-order chi connectivity index (χ1) is 8.16. The van der Waals surface area contributed by atoms with Gasteiger partial charge in [-0.05, 0) is 25.1 Å². The first-order valence-electron chi connectivity index (χ1n) is 5.49. The van der Waals surface area contributed by atoms with E-state index in [1.807, 2.05) is 6.92 Å². The van der Waals surface area contributed by atoms with Crippen molar-refractivity contribution in [1.29, 1.82) is 0 Å². The van der Waals surface area contributed by atoms with Crippen molar-refractivity contribution in [3.8, 4) is 11.5 Å². The number of carbonyl (C=O) groups is 1. The maximum atomic E-state index is 11.8. The van der Waals surface area contributed by atoms with Crippen LogP contribution < -0.4 is 14.8 Å². The Morgan fingerprint density at radius 2 is 2.06 bits per heavy atom. The third kappa shape index (κ3) is 2.78. The lowest BCUT2D eigenvalue weighted by atomic mass is 10.1. The van der Waals surface area contributed by atoms with Crippen molar-refractivity contribution in [3.63, 3.8) is 0 Å². The average molecular weight is 233 g/mol. The van der Waals surface area contributed by atoms with Gasteiger partial charge >= 0.3 is 0 Å². The highest BCUT2D eigenvalue weighted by atomic mass is 16.6. The first-order valence-corrected chi connectivity index (χ1v) is 5.49. The Morgan fingerprint density at radius 1 is 1.35 bits per heavy atom. The van der Waals surface area contributed by atoms with E-state index in [1.54, 1.807) is 18.2 Å². The van der Waals surface area contributed by atoms with Crippen molar-refractivity contribution in [2.45, 2.75) is 6.92 Å². The van der Waals surface area contributed by atoms with Gasteiger partial charge in [-0.25, -0.2) is 0 Å². The monoisotopic (exact) mass is 233 g/mol. The molecule has 1 aromatic carbocycles. The van der Waals surface area contributed by atoms with E-state index in [1.165, 1.54) is 0 Å². The van der Waals surface area contributed by atoms with Gasteiger partial charge in [0.15, 0.2) is 11.5 Å². The van der Waals surface area contributed by atoms with Gasteiger partial charge in [0.05, 0.1) is 0 Å². The van der Waals surface area contributed by atoms with Crippen LogP contribution >= 0.6 is 0 Å². The summed E-state index contributed by atoms with van der Waals surface area (Å²) in [6, 6.07) is 5.17. The third-order valence-corrected chi connectivity index (χ3v) is 2.36. The Hall–Kier alpha value is -1.97. The predicted molar refractivity (Wildman–Crippen MR) is 64.6 cm³/mol. The Morgan fingerprint density at radius 3 is 2.76 bits per heavy atom. The van der Waals surface area contributed by atoms with Crippen molar-refractivity contribution in [1.82, 2.24) is 5.32 Å². The van der Waals surface area contributed by atoms with Crippen LogP contribution in [0.25, 0.3) is 0 Å². The van der Waals surface area contributed by atoms with Crippen molar-refractivity contribution in [2.75, 3.05) is 19.8 Å². The maximum Gasteiger partial charge on any atom is 0.251 e. The number of amides is 1. The van der Waals surface area contributed by atoms with Crippen LogP contribution in [0.4, 0.5) is 0 Å². The Labute approximate surface area is 100 Å². The fourth-order valence-corrected chi connectivity index (χ4v) is 1.52. The van der Waals surface area contributed by atoms with Gasteiger partial charge in [-0.3, -0.25) is 4.79 Å². The summed E-state index contributed by atoms with van der Waals surface area (Å²) in [6.45, 7) is 7.14. The molecule has 2 rings (SSSR count). The molecule has 0 atom stereocenters. The van der Waals surface area contributed by atoms with Crippen molar-refractivity contribution in [2.24, 2.45) is 0 Å². The van der Waals surface area contributed by atoms with E-state index in [9.17, 15) is 4.79 Å². The highest BCUT2D eigenvalue weighted by Gasteiger charge is 2.14. The quantitative estimate of drug-likeness (QED) is 0.809. The molecule has 0 aliphatic carbocycles. The molecule has 17 heavy (non-hydrogen) atoms. The van der Waals surface area contributed by atoms with Crippen molar-refractivity contribution >= 4 is 5.91 Å². The number of hydrogen-bond acceptors (Lipinski definition) is 3. The number of benzene rings is 1. The summed E-state index contributed by atoms with van der Waals surface area (Å²) < 4.78 is 10.8. The Kier molecular flexibility index (Phi) is 3.32. The van der Waals surface area contributed by atoms with Crippen LogP contribution in [0, 0.1) is 0 Å². The summed E-state index contributed by atoms with van der Waals surface area (Å²) in [4.78, 5) is 11.8. The molecular weight excluding hydrogens is 218 g/mol. The minimum absolute atomic E-state index is 0.134. The van der Waals surface area contributed by atoms with E-state index >= 15 is 0 Å². The van der Waals surface area contributed by atoms with E-state index < -0.39 is 0 Å². The topological polar surface area (TPSA) is 47.6 Å². The van der Waals surface area contributed by atoms with E-state index in [0.29, 0.717) is 36.8 Å². The van der Waals surface area contributed by atoms with Crippen LogP contribution in [0.2, 0.25) is 0 Å². The molecule has 0 radical (unpaired) electrons. The van der Waals surface area contributed by atoms with Crippen molar-refractivity contribution < 1.29 is 14.3 Å². The number of hydrogen-bond donors (Lipinski definition) is 1. The number of fused-ring (bicyclic) bond motifs is 1. The average Bonchev–Trinajstić information content (AvgIpc) is 2.35. The minimum Gasteiger partial charge on any atom is -0.486 e. The maximum absolute atomic E-state index is 11.8. The highest BCUT2D eigenvalue weighted by Crippen LogP contribution is 2.30. The summed E-state index contributed by atoms with van der Waals surface area (Å²) in [5, 5.41) is 2.77. The fourth-order valence-electron chi connectivity index (χ4n) is 1.52. The van der Waals surface area contributed by atoms with E-state index in [4.69, 9.17) is 9.47 Å². The molecule has 90 valence electrons. The lowest BCUT2D eigenvalue weighted by molar-refractivity contribution is 0.0955. The smallest absolute Gasteiger partial charge is 0.251 e. The van der Waals surface area contributed by atoms with Gasteiger partial charge in [0, 0.05) is 12.1 Å². The first kappa shape index (κ1) is 11.5. The molecule has 1 heterocycles. The summed E-state index contributed by atoms with van der Waals surface area (Å²) in [6.07, 6.45) is 0. The summed E-state index contributed by atoms with van der Waals surface area (Å²) >= 11 is 0. The van der Waals surface area contributed by atoms with Gasteiger partial charge in [-0.1, -0.05) is 12.2 Å². The van der Waals surface area contributed by atoms with Gasteiger partial charge < -0.3 is 14.8 Å². The van der Waals surface area contributed by atoms with Crippen LogP contribution in [0.15, 0.2) is 30.4 Å². The molecule has 0 fully saturated rings. The second-order valence-corrected chi connectivity index (χ2v) is 4.00. The molecular formula is C13H15NO3. The van der Waals surface area contributed by atoms with E-state index in [0.717, 1.165) is 5.57 Å². The zero-order chi connectivity index (χ0) is 12.3. The minimum atomic E-state index is -0.134. The molecule has 0 saturated heterocycles. The van der Waals surface area contributed by atoms with Crippen molar-refractivity contribution in [3.05, 3.63) is 35.9 Å². The summed E-state index contributed by atoms with van der Waals surface area (Å²) in [7, 11) is 0. The van der Waals surface area contributed by atoms with E-state index in [2.05, 4.69) is 11.9 Å². The van der Waals surface area contributed by atoms with Crippen LogP contribution in [0.5, 0.6) is 11.5 Å². The highest BCUT2D eigenvalue weighted by molar-refractivity contribution is 5.95. The van der Waals surface area contributed by atoms with Crippen LogP contribution in [0.3, 0.4) is 0 Å². The second-order valence-electron chi connectivity index (χ2n) is 4.00. The molecule has 0 aromatic heterocycles. The van der Waals surface area contributed by atoms with Crippen LogP contribution in [-0.2, 0) is 0 Å². The molecule has 1 amide bonds. The normalized spacial score (nSPS) is 13.0. The molecule has 1 N–H and O–H groups in total. The molecule has 4 nitrogen and oxygen atoms in total. The summed E-state index contributed by atoms with van der Waals surface area (Å²) in [5.74, 6) is 1.18. The number of rotatable bonds is 3. The van der Waals surface area contributed by atoms with Crippen LogP contribution in [0.1, 0.15) is 17.3 Å². The SMILES string of the molecule is C=C(C)CNC(=O)c1ccc2c(c1)OCCO2. The molecule has 0 bridgehead atoms. The summed E-state index contributed by atoms with van der Waals surface area (Å²) in [5.41, 5.74) is 1.48. The second kappa shape index (κ2) is 4.91. The zero-order valence-corrected chi connectivity index (χ0v) is 9.79. The Bertz CT molecular complexity index is 454. The molecule has 1 aromatic rings. The van der Waals surface area contributed by atoms with Gasteiger partial charge in [0.25, 0.3) is 5.91 Å². The van der Waals surface area contributed by atoms with Gasteiger partial charge in [-0.15, -0.1) is 0 Å². The largest absolute Gasteiger partial charge is 0.486 e. The number of carbonyl (C=O) groups excluding carboxylic acids is 1. The number of nitrogens with one attached hydrogen (secondary N) is 1. The standard InChI is InChI=1S/C13H15NO3/c1-9(2)8-14-13(15)10-3-4-11-12(7-10)17-6-5-16-11/h3-4,7H,1,5-6,8H2,2H3,(H,14,15). The predicted octanol–water partition coefficient (Wildman–Crippen LogP) is 1.76. The Balaban J connectivity index is 2.11. The molecule has 0 saturated carbocycles. The lowest BCUT2D eigenvalue weighted by Crippen LogP contribution is -2.25. The molecule has 1 aliphatic rings. The molecule has 4 heteroatoms. The zero-order valence-electron chi connectivity index (χ0n) is 9.79. The lowest BCUT2D eigenvalue weighted by Gasteiger charge is -2.18. The van der Waals surface area contributed by atoms with Gasteiger partial charge in [0.1, 0.15) is 13.2 Å². The molecule has 0 spiro atoms. The van der Waals surface area contributed by atoms with Crippen LogP contribution in [-0.4, -0.2) is 25.7 Å². The molecule has 0 unspecified atom stereocenters. The molecule has 1 aliphatic heterocycles. The number of ether oxygens (including phenoxy) is 2. The third-order valence-electron chi connectivity index (χ3n) is 2.36. The van der Waals surface area contributed by atoms with Gasteiger partial charge in [-0.2, -0.15) is 0 Å². The van der Waals surface area contributed by atoms with Gasteiger partial charge in [0.2, 0.25) is 0 Å². The fraction of sp³-hybridized carbons (Fsp3) is 0.308.